The van der Waals surface area contributed by atoms with E-state index in [0.717, 1.165) is 24.3 Å². The van der Waals surface area contributed by atoms with Crippen LogP contribution in [0.2, 0.25) is 0 Å². The molecular weight excluding hydrogens is 473 g/mol. The summed E-state index contributed by atoms with van der Waals surface area (Å²) in [6, 6.07) is 11.4. The summed E-state index contributed by atoms with van der Waals surface area (Å²) in [6.07, 6.45) is -3.18. The number of sulfonamides is 1. The van der Waals surface area contributed by atoms with E-state index in [4.69, 9.17) is 0 Å². The number of alkyl halides is 3. The fourth-order valence-corrected chi connectivity index (χ4v) is 4.89. The largest absolute Gasteiger partial charge is 0.573 e. The standard InChI is InChI=1S/C21H21F3N6O3S/c1-15-26-19(28-18-4-2-3-9-25-18)14-20(27-15)29-10-12-30(13-11-29)34(31,32)17-7-5-16(6-8-17)33-21(22,23)24/h2-9,14H,10-13H2,1H3,(H,25,26,27,28). The van der Waals surface area contributed by atoms with Crippen LogP contribution in [0.15, 0.2) is 59.6 Å². The van der Waals surface area contributed by atoms with Crippen LogP contribution in [0, 0.1) is 6.92 Å². The van der Waals surface area contributed by atoms with Crippen molar-refractivity contribution in [2.45, 2.75) is 18.2 Å². The number of hydrogen-bond acceptors (Lipinski definition) is 8. The number of halogens is 3. The second kappa shape index (κ2) is 9.43. The quantitative estimate of drug-likeness (QED) is 0.557. The van der Waals surface area contributed by atoms with E-state index in [1.807, 2.05) is 17.0 Å². The maximum Gasteiger partial charge on any atom is 0.573 e. The molecule has 1 fully saturated rings. The zero-order valence-corrected chi connectivity index (χ0v) is 18.8. The van der Waals surface area contributed by atoms with Gasteiger partial charge in [0.15, 0.2) is 0 Å². The van der Waals surface area contributed by atoms with Gasteiger partial charge < -0.3 is 15.0 Å². The van der Waals surface area contributed by atoms with Crippen LogP contribution < -0.4 is 15.0 Å². The molecule has 1 saturated heterocycles. The van der Waals surface area contributed by atoms with Gasteiger partial charge in [-0.3, -0.25) is 0 Å². The molecule has 0 radical (unpaired) electrons. The molecule has 1 N–H and O–H groups in total. The predicted octanol–water partition coefficient (Wildman–Crippen LogP) is 3.33. The van der Waals surface area contributed by atoms with E-state index in [2.05, 4.69) is 25.0 Å². The first kappa shape index (κ1) is 23.7. The molecular formula is C21H21F3N6O3S. The van der Waals surface area contributed by atoms with Crippen molar-refractivity contribution in [3.63, 3.8) is 0 Å². The Kier molecular flexibility index (Phi) is 6.57. The van der Waals surface area contributed by atoms with Crippen LogP contribution in [0.4, 0.5) is 30.6 Å². The number of pyridine rings is 1. The Hall–Kier alpha value is -3.45. The summed E-state index contributed by atoms with van der Waals surface area (Å²) < 4.78 is 68.0. The van der Waals surface area contributed by atoms with Crippen LogP contribution in [0.3, 0.4) is 0 Å². The van der Waals surface area contributed by atoms with Crippen molar-refractivity contribution in [1.82, 2.24) is 19.3 Å². The number of nitrogens with zero attached hydrogens (tertiary/aromatic N) is 5. The summed E-state index contributed by atoms with van der Waals surface area (Å²) in [5.41, 5.74) is 0. The Labute approximate surface area is 194 Å². The highest BCUT2D eigenvalue weighted by Crippen LogP contribution is 2.26. The third-order valence-corrected chi connectivity index (χ3v) is 6.92. The maximum atomic E-state index is 12.9. The second-order valence-electron chi connectivity index (χ2n) is 7.41. The van der Waals surface area contributed by atoms with Gasteiger partial charge in [0, 0.05) is 38.4 Å². The summed E-state index contributed by atoms with van der Waals surface area (Å²) in [7, 11) is -3.87. The smallest absolute Gasteiger partial charge is 0.406 e. The Morgan fingerprint density at radius 1 is 0.971 bits per heavy atom. The molecule has 1 aliphatic rings. The van der Waals surface area contributed by atoms with Crippen molar-refractivity contribution in [2.75, 3.05) is 36.4 Å². The predicted molar refractivity (Wildman–Crippen MR) is 118 cm³/mol. The van der Waals surface area contributed by atoms with E-state index >= 15 is 0 Å². The number of aryl methyl sites for hydroxylation is 1. The number of piperazine rings is 1. The van der Waals surface area contributed by atoms with Crippen LogP contribution in [0.5, 0.6) is 5.75 Å². The molecule has 0 unspecified atom stereocenters. The third-order valence-electron chi connectivity index (χ3n) is 5.00. The summed E-state index contributed by atoms with van der Waals surface area (Å²) >= 11 is 0. The van der Waals surface area contributed by atoms with Gasteiger partial charge in [-0.05, 0) is 43.3 Å². The highest BCUT2D eigenvalue weighted by Gasteiger charge is 2.32. The van der Waals surface area contributed by atoms with Gasteiger partial charge in [0.05, 0.1) is 4.90 Å². The molecule has 180 valence electrons. The van der Waals surface area contributed by atoms with Gasteiger partial charge in [0.2, 0.25) is 10.0 Å². The van der Waals surface area contributed by atoms with E-state index < -0.39 is 22.1 Å². The Bertz CT molecular complexity index is 1230. The third kappa shape index (κ3) is 5.72. The first-order valence-electron chi connectivity index (χ1n) is 10.2. The van der Waals surface area contributed by atoms with Crippen molar-refractivity contribution in [3.8, 4) is 5.75 Å². The molecule has 1 aliphatic heterocycles. The monoisotopic (exact) mass is 494 g/mol. The number of ether oxygens (including phenoxy) is 1. The molecule has 4 rings (SSSR count). The Morgan fingerprint density at radius 3 is 2.29 bits per heavy atom. The van der Waals surface area contributed by atoms with Crippen LogP contribution in [0.1, 0.15) is 5.82 Å². The molecule has 0 spiro atoms. The highest BCUT2D eigenvalue weighted by molar-refractivity contribution is 7.89. The molecule has 9 nitrogen and oxygen atoms in total. The van der Waals surface area contributed by atoms with Crippen LogP contribution in [-0.4, -0.2) is 60.2 Å². The number of aromatic nitrogens is 3. The van der Waals surface area contributed by atoms with Gasteiger partial charge in [0.1, 0.15) is 29.0 Å². The number of nitrogens with one attached hydrogen (secondary N) is 1. The van der Waals surface area contributed by atoms with Gasteiger partial charge in [-0.1, -0.05) is 6.07 Å². The van der Waals surface area contributed by atoms with Gasteiger partial charge in [-0.2, -0.15) is 4.31 Å². The normalized spacial score (nSPS) is 15.2. The molecule has 0 bridgehead atoms. The lowest BCUT2D eigenvalue weighted by molar-refractivity contribution is -0.274. The minimum Gasteiger partial charge on any atom is -0.406 e. The van der Waals surface area contributed by atoms with E-state index in [1.165, 1.54) is 4.31 Å². The minimum atomic E-state index is -4.84. The number of benzene rings is 1. The topological polar surface area (TPSA) is 101 Å². The van der Waals surface area contributed by atoms with Crippen molar-refractivity contribution >= 4 is 27.5 Å². The van der Waals surface area contributed by atoms with Crippen LogP contribution in [-0.2, 0) is 10.0 Å². The number of rotatable bonds is 6. The van der Waals surface area contributed by atoms with Gasteiger partial charge in [-0.25, -0.2) is 23.4 Å². The highest BCUT2D eigenvalue weighted by atomic mass is 32.2. The fourth-order valence-electron chi connectivity index (χ4n) is 3.47. The lowest BCUT2D eigenvalue weighted by Crippen LogP contribution is -2.49. The number of hydrogen-bond donors (Lipinski definition) is 1. The molecule has 0 saturated carbocycles. The number of anilines is 3. The average Bonchev–Trinajstić information content (AvgIpc) is 2.79. The molecule has 3 heterocycles. The summed E-state index contributed by atoms with van der Waals surface area (Å²) in [4.78, 5) is 14.9. The van der Waals surface area contributed by atoms with Crippen LogP contribution >= 0.6 is 0 Å². The zero-order chi connectivity index (χ0) is 24.3. The first-order valence-corrected chi connectivity index (χ1v) is 11.7. The van der Waals surface area contributed by atoms with Gasteiger partial charge >= 0.3 is 6.36 Å². The lowest BCUT2D eigenvalue weighted by atomic mass is 10.3. The van der Waals surface area contributed by atoms with Crippen molar-refractivity contribution < 1.29 is 26.3 Å². The summed E-state index contributed by atoms with van der Waals surface area (Å²) in [5, 5.41) is 3.12. The molecule has 34 heavy (non-hydrogen) atoms. The van der Waals surface area contributed by atoms with Crippen molar-refractivity contribution in [2.24, 2.45) is 0 Å². The van der Waals surface area contributed by atoms with Crippen molar-refractivity contribution in [3.05, 3.63) is 60.6 Å². The molecule has 13 heteroatoms. The lowest BCUT2D eigenvalue weighted by Gasteiger charge is -2.34. The van der Waals surface area contributed by atoms with Gasteiger partial charge in [0.25, 0.3) is 0 Å². The van der Waals surface area contributed by atoms with Crippen molar-refractivity contribution in [1.29, 1.82) is 0 Å². The molecule has 1 aromatic carbocycles. The van der Waals surface area contributed by atoms with E-state index in [9.17, 15) is 21.6 Å². The maximum absolute atomic E-state index is 12.9. The second-order valence-corrected chi connectivity index (χ2v) is 9.35. The Balaban J connectivity index is 1.43. The summed E-state index contributed by atoms with van der Waals surface area (Å²) in [5.74, 6) is 1.92. The SMILES string of the molecule is Cc1nc(Nc2ccccn2)cc(N2CCN(S(=O)(=O)c3ccc(OC(F)(F)F)cc3)CC2)n1. The molecule has 3 aromatic rings. The van der Waals surface area contributed by atoms with E-state index in [1.54, 1.807) is 25.3 Å². The minimum absolute atomic E-state index is 0.102. The van der Waals surface area contributed by atoms with Gasteiger partial charge in [-0.15, -0.1) is 13.2 Å². The summed E-state index contributed by atoms with van der Waals surface area (Å²) in [6.45, 7) is 2.91. The molecule has 0 atom stereocenters. The first-order chi connectivity index (χ1) is 16.1. The zero-order valence-electron chi connectivity index (χ0n) is 18.0. The molecule has 2 aromatic heterocycles. The van der Waals surface area contributed by atoms with E-state index in [-0.39, 0.29) is 18.0 Å². The Morgan fingerprint density at radius 2 is 1.68 bits per heavy atom. The van der Waals surface area contributed by atoms with Crippen LogP contribution in [0.25, 0.3) is 0 Å². The average molecular weight is 494 g/mol. The molecule has 0 amide bonds. The fraction of sp³-hybridized carbons (Fsp3) is 0.286. The van der Waals surface area contributed by atoms with E-state index in [0.29, 0.717) is 36.4 Å². The molecule has 0 aliphatic carbocycles.